The fourth-order valence-corrected chi connectivity index (χ4v) is 14.7. The first-order valence-corrected chi connectivity index (χ1v) is 43.8. The molecular formula is C81H111Br2MoN2O2Si2-. The van der Waals surface area contributed by atoms with Crippen LogP contribution in [0.25, 0.3) is 11.1 Å². The Labute approximate surface area is 575 Å². The molecule has 0 spiro atoms. The summed E-state index contributed by atoms with van der Waals surface area (Å²) in [7, 11) is -2.23. The summed E-state index contributed by atoms with van der Waals surface area (Å²) >= 11 is 6.87. The van der Waals surface area contributed by atoms with Crippen LogP contribution in [0.5, 0.6) is 11.5 Å². The average molecular weight is 1460 g/mol. The molecule has 0 unspecified atom stereocenters. The molecule has 486 valence electrons. The van der Waals surface area contributed by atoms with Crippen molar-refractivity contribution < 1.29 is 27.8 Å². The van der Waals surface area contributed by atoms with E-state index in [4.69, 9.17) is 8.23 Å². The number of aromatic nitrogens is 1. The number of phenolic OH excluding ortho intramolecular Hbond substituents is 1. The molecule has 0 atom stereocenters. The molecule has 1 aromatic heterocycles. The summed E-state index contributed by atoms with van der Waals surface area (Å²) in [6, 6.07) is 33.3. The SMILES string of the molecule is C/C=C\CCCCCCC#C[Si](C)(C)C.C=CCCCCCCC#C[Si](C)(C)C.C=COc1ccc(C)cc1.Cc1c(Br)cc2c(c1-c1c(O)c(Br)cc3c1CCCC3)CCCC2.Cc1ccc(C)[n-]1.Cc1cccc(C)c1[N]=[Mo]=[CH]C(C)(C)c1ccccc1. The van der Waals surface area contributed by atoms with Gasteiger partial charge in [-0.2, -0.15) is 11.4 Å². The molecule has 1 heterocycles. The Morgan fingerprint density at radius 1 is 0.622 bits per heavy atom. The normalized spacial score (nSPS) is 12.1. The van der Waals surface area contributed by atoms with Gasteiger partial charge in [0.15, 0.2) is 0 Å². The molecule has 0 amide bonds. The first-order chi connectivity index (χ1) is 42.8. The van der Waals surface area contributed by atoms with Crippen LogP contribution in [0.3, 0.4) is 0 Å². The quantitative estimate of drug-likeness (QED) is 0.0307. The van der Waals surface area contributed by atoms with Crippen molar-refractivity contribution in [1.29, 1.82) is 0 Å². The van der Waals surface area contributed by atoms with Gasteiger partial charge in [0.05, 0.1) is 10.7 Å². The molecule has 0 aliphatic heterocycles. The second-order valence-corrected chi connectivity index (χ2v) is 39.2. The molecule has 0 saturated carbocycles. The van der Waals surface area contributed by atoms with E-state index in [1.165, 1.54) is 162 Å². The van der Waals surface area contributed by atoms with E-state index >= 15 is 0 Å². The fraction of sp³-hybridized carbons (Fsp3) is 0.444. The van der Waals surface area contributed by atoms with E-state index in [0.717, 1.165) is 65.7 Å². The van der Waals surface area contributed by atoms with Gasteiger partial charge in [-0.3, -0.25) is 0 Å². The summed E-state index contributed by atoms with van der Waals surface area (Å²) in [5, 5.41) is 11.0. The van der Waals surface area contributed by atoms with E-state index < -0.39 is 34.1 Å². The fourth-order valence-electron chi connectivity index (χ4n) is 10.4. The van der Waals surface area contributed by atoms with Crippen LogP contribution in [0.1, 0.15) is 185 Å². The van der Waals surface area contributed by atoms with Gasteiger partial charge in [-0.1, -0.05) is 149 Å². The van der Waals surface area contributed by atoms with E-state index in [0.29, 0.717) is 5.75 Å². The number of allylic oxidation sites excluding steroid dienone is 3. The van der Waals surface area contributed by atoms with Crippen molar-refractivity contribution in [3.63, 3.8) is 0 Å². The molecule has 6 aromatic rings. The summed E-state index contributed by atoms with van der Waals surface area (Å²) in [4.78, 5) is 4.11. The van der Waals surface area contributed by atoms with E-state index in [9.17, 15) is 5.11 Å². The molecule has 0 bridgehead atoms. The molecule has 2 aliphatic rings. The zero-order valence-electron chi connectivity index (χ0n) is 58.1. The Morgan fingerprint density at radius 2 is 1.12 bits per heavy atom. The third kappa shape index (κ3) is 31.6. The molecule has 0 saturated heterocycles. The Balaban J connectivity index is 0.000000294. The molecular weight excluding hydrogens is 1340 g/mol. The predicted octanol–water partition coefficient (Wildman–Crippen LogP) is 24.6. The zero-order valence-corrected chi connectivity index (χ0v) is 65.3. The van der Waals surface area contributed by atoms with Crippen molar-refractivity contribution in [2.24, 2.45) is 3.50 Å². The van der Waals surface area contributed by atoms with Crippen LogP contribution in [0, 0.1) is 64.5 Å². The summed E-state index contributed by atoms with van der Waals surface area (Å²) in [5.41, 5.74) is 24.8. The van der Waals surface area contributed by atoms with Gasteiger partial charge in [0, 0.05) is 22.9 Å². The average Bonchev–Trinajstić information content (AvgIpc) is 0.881. The number of aromatic hydroxyl groups is 1. The van der Waals surface area contributed by atoms with Crippen LogP contribution >= 0.6 is 31.9 Å². The Bertz CT molecular complexity index is 3240. The minimum atomic E-state index is -1.11. The van der Waals surface area contributed by atoms with Crippen LogP contribution in [0.15, 0.2) is 147 Å². The number of phenols is 1. The predicted molar refractivity (Wildman–Crippen MR) is 404 cm³/mol. The van der Waals surface area contributed by atoms with E-state index in [1.807, 2.05) is 63.2 Å². The summed E-state index contributed by atoms with van der Waals surface area (Å²) in [6.45, 7) is 40.1. The molecule has 9 heteroatoms. The van der Waals surface area contributed by atoms with Gasteiger partial charge in [0.1, 0.15) is 27.6 Å². The minimum absolute atomic E-state index is 0.101. The second kappa shape index (κ2) is 43.1. The molecule has 90 heavy (non-hydrogen) atoms. The number of hydrogen-bond acceptors (Lipinski definition) is 3. The van der Waals surface area contributed by atoms with Crippen molar-refractivity contribution in [1.82, 2.24) is 4.98 Å². The van der Waals surface area contributed by atoms with Gasteiger partial charge in [0.2, 0.25) is 0 Å². The van der Waals surface area contributed by atoms with Crippen molar-refractivity contribution in [2.75, 3.05) is 0 Å². The van der Waals surface area contributed by atoms with Gasteiger partial charge in [-0.15, -0.1) is 29.5 Å². The number of halogens is 2. The molecule has 2 aliphatic carbocycles. The van der Waals surface area contributed by atoms with Crippen LogP contribution in [-0.2, 0) is 49.0 Å². The third-order valence-electron chi connectivity index (χ3n) is 15.3. The van der Waals surface area contributed by atoms with Crippen LogP contribution in [-0.4, -0.2) is 25.7 Å². The molecule has 4 nitrogen and oxygen atoms in total. The van der Waals surface area contributed by atoms with Crippen molar-refractivity contribution >= 4 is 58.1 Å². The third-order valence-corrected chi connectivity index (χ3v) is 21.0. The monoisotopic (exact) mass is 1460 g/mol. The Kier molecular flexibility index (Phi) is 37.9. The van der Waals surface area contributed by atoms with E-state index in [1.54, 1.807) is 0 Å². The summed E-state index contributed by atoms with van der Waals surface area (Å²) in [5.74, 6) is 7.89. The maximum absolute atomic E-state index is 11.0. The Hall–Kier alpha value is -4.93. The van der Waals surface area contributed by atoms with Gasteiger partial charge >= 0.3 is 130 Å². The number of hydrogen-bond donors (Lipinski definition) is 1. The van der Waals surface area contributed by atoms with Crippen LogP contribution in [0.4, 0.5) is 5.69 Å². The summed E-state index contributed by atoms with van der Waals surface area (Å²) < 4.78 is 14.3. The number of nitrogens with zero attached hydrogens (tertiary/aromatic N) is 2. The zero-order chi connectivity index (χ0) is 66.5. The number of unbranched alkanes of at least 4 members (excludes halogenated alkanes) is 10. The number of benzene rings is 5. The molecule has 8 rings (SSSR count). The van der Waals surface area contributed by atoms with Gasteiger partial charge < -0.3 is 14.8 Å². The van der Waals surface area contributed by atoms with Crippen LogP contribution in [0.2, 0.25) is 39.3 Å². The van der Waals surface area contributed by atoms with Gasteiger partial charge in [-0.25, -0.2) is 0 Å². The standard InChI is InChI=1S/C21H22Br2O.C14H26Si.C13H24Si.C10H12.C9H10O.C8H9N.C6H8N.Mo/c1-12-17(22)10-13-6-2-4-8-15(13)19(12)20-16-9-5-3-7-14(16)11-18(23)21(20)24;1-5-6-7-8-9-10-11-12-13-14-15(2,3)4;1-5-6-7-8-9-10-11-12-13-14(2,3)4;1-10(2,3)9-7-5-4-6-8-9;1-3-10-9-6-4-8(2)5-7-9;1-6-4-3-5-7(2)8(6)9;1-5-3-4-6(2)7-5;/h10-11,24H,2-9H2,1H3;5-6H,7-12H2,1-4H3;5H,1,6-11H2,2-4H3;1,4-8H,2-3H3;3-7H,1H2,2H3;3-5H,1-2H3;3-4H,1-2H3;/q;;;;;;-1;/b;6-5-;;;;;;. The van der Waals surface area contributed by atoms with Crippen molar-refractivity contribution in [2.45, 2.75) is 235 Å². The topological polar surface area (TPSA) is 55.9 Å². The van der Waals surface area contributed by atoms with Crippen molar-refractivity contribution in [3.8, 4) is 45.6 Å². The van der Waals surface area contributed by atoms with E-state index in [2.05, 4.69) is 231 Å². The Morgan fingerprint density at radius 3 is 1.61 bits per heavy atom. The van der Waals surface area contributed by atoms with E-state index in [-0.39, 0.29) is 5.41 Å². The van der Waals surface area contributed by atoms with Crippen molar-refractivity contribution in [3.05, 3.63) is 205 Å². The first kappa shape index (κ1) is 79.3. The molecule has 1 N–H and O–H groups in total. The molecule has 0 fully saturated rings. The summed E-state index contributed by atoms with van der Waals surface area (Å²) in [6.07, 6.45) is 32.5. The number of fused-ring (bicyclic) bond motifs is 2. The van der Waals surface area contributed by atoms with Gasteiger partial charge in [-0.05, 0) is 184 Å². The maximum atomic E-state index is 11.0. The second-order valence-electron chi connectivity index (χ2n) is 26.5. The molecule has 0 radical (unpaired) electrons. The molecule has 5 aromatic carbocycles. The number of ether oxygens (including phenoxy) is 1. The number of aryl methyl sites for hydroxylation is 7. The first-order valence-electron chi connectivity index (χ1n) is 33.1. The van der Waals surface area contributed by atoms with Crippen LogP contribution < -0.4 is 9.72 Å². The number of rotatable bonds is 18. The van der Waals surface area contributed by atoms with Gasteiger partial charge in [0.25, 0.3) is 0 Å².